The normalized spacial score (nSPS) is 12.0. The van der Waals surface area contributed by atoms with Gasteiger partial charge in [0.1, 0.15) is 5.75 Å². The van der Waals surface area contributed by atoms with Crippen LogP contribution in [0, 0.1) is 0 Å². The van der Waals surface area contributed by atoms with Crippen LogP contribution in [0.2, 0.25) is 0 Å². The Morgan fingerprint density at radius 3 is 2.50 bits per heavy atom. The average Bonchev–Trinajstić information content (AvgIpc) is 2.36. The van der Waals surface area contributed by atoms with Crippen LogP contribution in [-0.4, -0.2) is 42.2 Å². The minimum atomic E-state index is -0.388. The minimum absolute atomic E-state index is 0.0429. The van der Waals surface area contributed by atoms with Crippen molar-refractivity contribution in [1.82, 2.24) is 4.90 Å². The van der Waals surface area contributed by atoms with Crippen molar-refractivity contribution in [3.8, 4) is 5.75 Å². The van der Waals surface area contributed by atoms with Gasteiger partial charge in [-0.3, -0.25) is 4.79 Å². The molecule has 0 saturated heterocycles. The van der Waals surface area contributed by atoms with E-state index in [9.17, 15) is 9.90 Å². The summed E-state index contributed by atoms with van der Waals surface area (Å²) >= 11 is 0. The van der Waals surface area contributed by atoms with E-state index in [1.54, 1.807) is 43.1 Å². The third-order valence-corrected chi connectivity index (χ3v) is 2.64. The molecule has 0 spiro atoms. The highest BCUT2D eigenvalue weighted by Crippen LogP contribution is 2.13. The van der Waals surface area contributed by atoms with E-state index in [2.05, 4.69) is 0 Å². The number of aliphatic hydroxyl groups excluding tert-OH is 1. The van der Waals surface area contributed by atoms with Crippen molar-refractivity contribution < 1.29 is 14.6 Å². The molecule has 0 radical (unpaired) electrons. The van der Waals surface area contributed by atoms with E-state index in [-0.39, 0.29) is 12.0 Å². The van der Waals surface area contributed by atoms with Crippen molar-refractivity contribution in [3.63, 3.8) is 0 Å². The van der Waals surface area contributed by atoms with E-state index in [1.807, 2.05) is 6.92 Å². The molecule has 0 aliphatic carbocycles. The van der Waals surface area contributed by atoms with Crippen LogP contribution in [0.1, 0.15) is 30.6 Å². The predicted octanol–water partition coefficient (Wildman–Crippen LogP) is 1.93. The first-order chi connectivity index (χ1) is 8.54. The summed E-state index contributed by atoms with van der Waals surface area (Å²) in [4.78, 5) is 13.6. The summed E-state index contributed by atoms with van der Waals surface area (Å²) in [5.41, 5.74) is 0.631. The van der Waals surface area contributed by atoms with Crippen molar-refractivity contribution in [3.05, 3.63) is 29.8 Å². The summed E-state index contributed by atoms with van der Waals surface area (Å²) in [6.45, 7) is 4.80. The number of hydrogen-bond acceptors (Lipinski definition) is 3. The second kappa shape index (κ2) is 7.01. The zero-order valence-corrected chi connectivity index (χ0v) is 11.2. The molecular weight excluding hydrogens is 230 g/mol. The fourth-order valence-electron chi connectivity index (χ4n) is 1.56. The number of amides is 1. The summed E-state index contributed by atoms with van der Waals surface area (Å²) in [7, 11) is 1.74. The molecular formula is C14H21NO3. The summed E-state index contributed by atoms with van der Waals surface area (Å²) < 4.78 is 5.32. The molecule has 1 unspecified atom stereocenters. The number of rotatable bonds is 6. The number of aliphatic hydroxyl groups is 1. The Morgan fingerprint density at radius 2 is 2.00 bits per heavy atom. The fourth-order valence-corrected chi connectivity index (χ4v) is 1.56. The van der Waals surface area contributed by atoms with Gasteiger partial charge >= 0.3 is 0 Å². The molecule has 1 aromatic rings. The number of nitrogens with zero attached hydrogens (tertiary/aromatic N) is 1. The van der Waals surface area contributed by atoms with Gasteiger partial charge in [-0.2, -0.15) is 0 Å². The molecule has 1 aromatic carbocycles. The van der Waals surface area contributed by atoms with Gasteiger partial charge in [0, 0.05) is 19.2 Å². The molecule has 4 heteroatoms. The second-order valence-corrected chi connectivity index (χ2v) is 4.32. The third kappa shape index (κ3) is 4.37. The first-order valence-electron chi connectivity index (χ1n) is 6.21. The van der Waals surface area contributed by atoms with Gasteiger partial charge in [-0.25, -0.2) is 0 Å². The second-order valence-electron chi connectivity index (χ2n) is 4.32. The van der Waals surface area contributed by atoms with Gasteiger partial charge in [-0.1, -0.05) is 0 Å². The Bertz CT molecular complexity index is 373. The topological polar surface area (TPSA) is 49.8 Å². The highest BCUT2D eigenvalue weighted by Gasteiger charge is 2.12. The largest absolute Gasteiger partial charge is 0.494 e. The lowest BCUT2D eigenvalue weighted by Crippen LogP contribution is -2.29. The van der Waals surface area contributed by atoms with Gasteiger partial charge in [0.15, 0.2) is 0 Å². The van der Waals surface area contributed by atoms with Crippen molar-refractivity contribution in [2.75, 3.05) is 20.2 Å². The lowest BCUT2D eigenvalue weighted by Gasteiger charge is -2.18. The molecule has 0 aromatic heterocycles. The molecule has 4 nitrogen and oxygen atoms in total. The lowest BCUT2D eigenvalue weighted by molar-refractivity contribution is 0.0769. The van der Waals surface area contributed by atoms with Gasteiger partial charge in [-0.05, 0) is 44.5 Å². The highest BCUT2D eigenvalue weighted by atomic mass is 16.5. The van der Waals surface area contributed by atoms with Crippen LogP contribution in [0.3, 0.4) is 0 Å². The molecule has 0 aliphatic heterocycles. The number of hydrogen-bond donors (Lipinski definition) is 1. The van der Waals surface area contributed by atoms with E-state index in [1.165, 1.54) is 0 Å². The molecule has 18 heavy (non-hydrogen) atoms. The van der Waals surface area contributed by atoms with Crippen LogP contribution in [0.5, 0.6) is 5.75 Å². The number of carbonyl (C=O) groups excluding carboxylic acids is 1. The number of carbonyl (C=O) groups is 1. The molecule has 1 atom stereocenters. The van der Waals surface area contributed by atoms with Crippen LogP contribution >= 0.6 is 0 Å². The smallest absolute Gasteiger partial charge is 0.253 e. The van der Waals surface area contributed by atoms with Gasteiger partial charge in [0.25, 0.3) is 5.91 Å². The van der Waals surface area contributed by atoms with Crippen molar-refractivity contribution >= 4 is 5.91 Å². The van der Waals surface area contributed by atoms with Gasteiger partial charge in [-0.15, -0.1) is 0 Å². The van der Waals surface area contributed by atoms with E-state index >= 15 is 0 Å². The van der Waals surface area contributed by atoms with E-state index in [0.717, 1.165) is 5.75 Å². The van der Waals surface area contributed by atoms with Crippen molar-refractivity contribution in [2.45, 2.75) is 26.4 Å². The SMILES string of the molecule is CCOc1ccc(C(=O)N(C)CCC(C)O)cc1. The maximum Gasteiger partial charge on any atom is 0.253 e. The summed E-state index contributed by atoms with van der Waals surface area (Å²) in [6, 6.07) is 7.09. The Kier molecular flexibility index (Phi) is 5.65. The Morgan fingerprint density at radius 1 is 1.39 bits per heavy atom. The van der Waals surface area contributed by atoms with Gasteiger partial charge in [0.2, 0.25) is 0 Å². The lowest BCUT2D eigenvalue weighted by atomic mass is 10.2. The Hall–Kier alpha value is -1.55. The van der Waals surface area contributed by atoms with E-state index in [0.29, 0.717) is 25.1 Å². The predicted molar refractivity (Wildman–Crippen MR) is 70.9 cm³/mol. The maximum atomic E-state index is 12.0. The Labute approximate surface area is 108 Å². The molecule has 0 bridgehead atoms. The molecule has 100 valence electrons. The average molecular weight is 251 g/mol. The first kappa shape index (κ1) is 14.5. The monoisotopic (exact) mass is 251 g/mol. The van der Waals surface area contributed by atoms with Crippen LogP contribution in [0.4, 0.5) is 0 Å². The standard InChI is InChI=1S/C14H21NO3/c1-4-18-13-7-5-12(6-8-13)14(17)15(3)10-9-11(2)16/h5-8,11,16H,4,9-10H2,1-3H3. The van der Waals surface area contributed by atoms with Gasteiger partial charge < -0.3 is 14.7 Å². The molecule has 0 heterocycles. The summed E-state index contributed by atoms with van der Waals surface area (Å²) in [5, 5.41) is 9.19. The molecule has 0 fully saturated rings. The van der Waals surface area contributed by atoms with Crippen LogP contribution in [0.15, 0.2) is 24.3 Å². The molecule has 0 aliphatic rings. The quantitative estimate of drug-likeness (QED) is 0.840. The molecule has 1 amide bonds. The Balaban J connectivity index is 2.60. The van der Waals surface area contributed by atoms with Crippen LogP contribution in [0.25, 0.3) is 0 Å². The number of benzene rings is 1. The summed E-state index contributed by atoms with van der Waals surface area (Å²) in [5.74, 6) is 0.722. The van der Waals surface area contributed by atoms with Crippen LogP contribution < -0.4 is 4.74 Å². The third-order valence-electron chi connectivity index (χ3n) is 2.64. The highest BCUT2D eigenvalue weighted by molar-refractivity contribution is 5.94. The van der Waals surface area contributed by atoms with Crippen LogP contribution in [-0.2, 0) is 0 Å². The number of ether oxygens (including phenoxy) is 1. The van der Waals surface area contributed by atoms with E-state index < -0.39 is 0 Å². The minimum Gasteiger partial charge on any atom is -0.494 e. The first-order valence-corrected chi connectivity index (χ1v) is 6.21. The zero-order chi connectivity index (χ0) is 13.5. The maximum absolute atomic E-state index is 12.0. The molecule has 1 rings (SSSR count). The van der Waals surface area contributed by atoms with Crippen molar-refractivity contribution in [1.29, 1.82) is 0 Å². The fraction of sp³-hybridized carbons (Fsp3) is 0.500. The summed E-state index contributed by atoms with van der Waals surface area (Å²) in [6.07, 6.45) is 0.194. The van der Waals surface area contributed by atoms with Gasteiger partial charge in [0.05, 0.1) is 12.7 Å². The van der Waals surface area contributed by atoms with E-state index in [4.69, 9.17) is 4.74 Å². The zero-order valence-electron chi connectivity index (χ0n) is 11.2. The molecule has 0 saturated carbocycles. The molecule has 1 N–H and O–H groups in total. The van der Waals surface area contributed by atoms with Crippen molar-refractivity contribution in [2.24, 2.45) is 0 Å².